The fraction of sp³-hybridized carbons (Fsp3) is 0.231. The van der Waals surface area contributed by atoms with E-state index in [2.05, 4.69) is 5.10 Å². The highest BCUT2D eigenvalue weighted by Crippen LogP contribution is 2.17. The second-order valence-corrected chi connectivity index (χ2v) is 3.88. The molecule has 0 aliphatic heterocycles. The zero-order valence-corrected chi connectivity index (χ0v) is 9.45. The van der Waals surface area contributed by atoms with Gasteiger partial charge < -0.3 is 5.73 Å². The molecule has 0 aliphatic rings. The summed E-state index contributed by atoms with van der Waals surface area (Å²) < 4.78 is 1.82. The Balaban J connectivity index is 2.05. The highest BCUT2D eigenvalue weighted by atomic mass is 15.3. The molecule has 0 spiro atoms. The lowest BCUT2D eigenvalue weighted by Gasteiger charge is -2.02. The van der Waals surface area contributed by atoms with E-state index in [9.17, 15) is 0 Å². The molecule has 0 amide bonds. The van der Waals surface area contributed by atoms with Crippen LogP contribution in [-0.2, 0) is 6.54 Å². The molecular formula is C13H14N4. The van der Waals surface area contributed by atoms with Crippen LogP contribution in [0.1, 0.15) is 6.42 Å². The molecule has 2 N–H and O–H groups in total. The molecule has 17 heavy (non-hydrogen) atoms. The molecule has 0 aliphatic carbocycles. The summed E-state index contributed by atoms with van der Waals surface area (Å²) in [6.07, 6.45) is 4.42. The minimum Gasteiger partial charge on any atom is -0.316 e. The van der Waals surface area contributed by atoms with Crippen molar-refractivity contribution in [1.29, 1.82) is 5.26 Å². The monoisotopic (exact) mass is 226 g/mol. The van der Waals surface area contributed by atoms with Gasteiger partial charge in [0.05, 0.1) is 18.3 Å². The van der Waals surface area contributed by atoms with Crippen LogP contribution in [0.2, 0.25) is 0 Å². The van der Waals surface area contributed by atoms with Gasteiger partial charge >= 0.3 is 0 Å². The van der Waals surface area contributed by atoms with Crippen LogP contribution >= 0.6 is 0 Å². The molecule has 2 rings (SSSR count). The van der Waals surface area contributed by atoms with Crippen LogP contribution in [-0.4, -0.2) is 15.8 Å². The van der Waals surface area contributed by atoms with Crippen molar-refractivity contribution in [2.24, 2.45) is 5.73 Å². The smallest absolute Gasteiger partial charge is 0.0945 e. The number of nitrogens with two attached hydrogens (primary N) is 1. The standard InChI is InChI=1S/C13H14N4/c14-8-13(15)6-7-17-10-12(9-16-17)11-4-2-1-3-5-11/h1-5,9-10,13H,6-7,15H2. The van der Waals surface area contributed by atoms with Crippen molar-refractivity contribution < 1.29 is 0 Å². The number of nitrogens with zero attached hydrogens (tertiary/aromatic N) is 3. The van der Waals surface area contributed by atoms with Crippen molar-refractivity contribution in [2.45, 2.75) is 19.0 Å². The van der Waals surface area contributed by atoms with Gasteiger partial charge in [0.25, 0.3) is 0 Å². The average molecular weight is 226 g/mol. The molecule has 0 bridgehead atoms. The number of nitriles is 1. The molecule has 4 nitrogen and oxygen atoms in total. The second-order valence-electron chi connectivity index (χ2n) is 3.88. The maximum Gasteiger partial charge on any atom is 0.0945 e. The second kappa shape index (κ2) is 5.28. The van der Waals surface area contributed by atoms with Crippen molar-refractivity contribution in [3.8, 4) is 17.2 Å². The quantitative estimate of drug-likeness (QED) is 0.864. The van der Waals surface area contributed by atoms with Crippen LogP contribution in [0.5, 0.6) is 0 Å². The van der Waals surface area contributed by atoms with Gasteiger partial charge in [-0.05, 0) is 12.0 Å². The van der Waals surface area contributed by atoms with Gasteiger partial charge in [-0.25, -0.2) is 0 Å². The van der Waals surface area contributed by atoms with E-state index in [1.54, 1.807) is 0 Å². The van der Waals surface area contributed by atoms with Gasteiger partial charge in [0.15, 0.2) is 0 Å². The first-order valence-electron chi connectivity index (χ1n) is 5.52. The van der Waals surface area contributed by atoms with E-state index in [-0.39, 0.29) is 0 Å². The van der Waals surface area contributed by atoms with Gasteiger partial charge in [-0.2, -0.15) is 10.4 Å². The van der Waals surface area contributed by atoms with E-state index in [1.807, 2.05) is 53.5 Å². The summed E-state index contributed by atoms with van der Waals surface area (Å²) in [4.78, 5) is 0. The van der Waals surface area contributed by atoms with Gasteiger partial charge in [-0.3, -0.25) is 4.68 Å². The molecule has 1 aromatic heterocycles. The molecular weight excluding hydrogens is 212 g/mol. The number of hydrogen-bond acceptors (Lipinski definition) is 3. The highest BCUT2D eigenvalue weighted by Gasteiger charge is 2.03. The van der Waals surface area contributed by atoms with Gasteiger partial charge in [0, 0.05) is 18.3 Å². The number of aromatic nitrogens is 2. The van der Waals surface area contributed by atoms with Crippen LogP contribution in [0.4, 0.5) is 0 Å². The highest BCUT2D eigenvalue weighted by molar-refractivity contribution is 5.61. The minimum absolute atomic E-state index is 0.417. The molecule has 0 saturated carbocycles. The van der Waals surface area contributed by atoms with Gasteiger partial charge in [-0.1, -0.05) is 30.3 Å². The summed E-state index contributed by atoms with van der Waals surface area (Å²) in [5.41, 5.74) is 7.76. The summed E-state index contributed by atoms with van der Waals surface area (Å²) in [6, 6.07) is 11.7. The Bertz CT molecular complexity index is 510. The van der Waals surface area contributed by atoms with Crippen LogP contribution in [0, 0.1) is 11.3 Å². The van der Waals surface area contributed by atoms with Crippen LogP contribution in [0.25, 0.3) is 11.1 Å². The largest absolute Gasteiger partial charge is 0.316 e. The zero-order valence-electron chi connectivity index (χ0n) is 9.45. The van der Waals surface area contributed by atoms with Gasteiger partial charge in [-0.15, -0.1) is 0 Å². The zero-order chi connectivity index (χ0) is 12.1. The van der Waals surface area contributed by atoms with Crippen molar-refractivity contribution >= 4 is 0 Å². The number of benzene rings is 1. The number of hydrogen-bond donors (Lipinski definition) is 1. The Morgan fingerprint density at radius 2 is 2.06 bits per heavy atom. The van der Waals surface area contributed by atoms with E-state index in [0.29, 0.717) is 13.0 Å². The van der Waals surface area contributed by atoms with Crippen molar-refractivity contribution in [1.82, 2.24) is 9.78 Å². The molecule has 1 unspecified atom stereocenters. The Morgan fingerprint density at radius 1 is 1.29 bits per heavy atom. The summed E-state index contributed by atoms with van der Waals surface area (Å²) >= 11 is 0. The predicted molar refractivity (Wildman–Crippen MR) is 65.9 cm³/mol. The van der Waals surface area contributed by atoms with Crippen molar-refractivity contribution in [3.63, 3.8) is 0 Å². The molecule has 1 aromatic carbocycles. The maximum absolute atomic E-state index is 8.59. The maximum atomic E-state index is 8.59. The summed E-state index contributed by atoms with van der Waals surface area (Å²) in [7, 11) is 0. The lowest BCUT2D eigenvalue weighted by atomic mass is 10.1. The Morgan fingerprint density at radius 3 is 2.76 bits per heavy atom. The molecule has 0 fully saturated rings. The number of aryl methyl sites for hydroxylation is 1. The first kappa shape index (κ1) is 11.4. The third-order valence-corrected chi connectivity index (χ3v) is 2.58. The number of rotatable bonds is 4. The first-order chi connectivity index (χ1) is 8.29. The average Bonchev–Trinajstić information content (AvgIpc) is 2.86. The van der Waals surface area contributed by atoms with Crippen molar-refractivity contribution in [3.05, 3.63) is 42.7 Å². The van der Waals surface area contributed by atoms with Crippen LogP contribution in [0.3, 0.4) is 0 Å². The van der Waals surface area contributed by atoms with E-state index in [1.165, 1.54) is 0 Å². The third-order valence-electron chi connectivity index (χ3n) is 2.58. The molecule has 86 valence electrons. The fourth-order valence-electron chi connectivity index (χ4n) is 1.60. The van der Waals surface area contributed by atoms with Gasteiger partial charge in [0.2, 0.25) is 0 Å². The van der Waals surface area contributed by atoms with Crippen LogP contribution < -0.4 is 5.73 Å². The fourth-order valence-corrected chi connectivity index (χ4v) is 1.60. The lowest BCUT2D eigenvalue weighted by Crippen LogP contribution is -2.19. The predicted octanol–water partition coefficient (Wildman–Crippen LogP) is 1.79. The summed E-state index contributed by atoms with van der Waals surface area (Å²) in [5, 5.41) is 12.8. The Hall–Kier alpha value is -2.12. The van der Waals surface area contributed by atoms with Crippen LogP contribution in [0.15, 0.2) is 42.7 Å². The molecule has 4 heteroatoms. The molecule has 2 aromatic rings. The lowest BCUT2D eigenvalue weighted by molar-refractivity contribution is 0.554. The summed E-state index contributed by atoms with van der Waals surface area (Å²) in [5.74, 6) is 0. The first-order valence-corrected chi connectivity index (χ1v) is 5.52. The van der Waals surface area contributed by atoms with E-state index >= 15 is 0 Å². The minimum atomic E-state index is -0.417. The molecule has 1 heterocycles. The Labute approximate surface area is 100 Å². The SMILES string of the molecule is N#CC(N)CCn1cc(-c2ccccc2)cn1. The normalized spacial score (nSPS) is 12.0. The van der Waals surface area contributed by atoms with Gasteiger partial charge in [0.1, 0.15) is 0 Å². The van der Waals surface area contributed by atoms with E-state index in [4.69, 9.17) is 11.0 Å². The third kappa shape index (κ3) is 2.92. The topological polar surface area (TPSA) is 67.6 Å². The molecule has 0 saturated heterocycles. The van der Waals surface area contributed by atoms with E-state index < -0.39 is 6.04 Å². The summed E-state index contributed by atoms with van der Waals surface area (Å²) in [6.45, 7) is 0.668. The molecule has 0 radical (unpaired) electrons. The van der Waals surface area contributed by atoms with Crippen molar-refractivity contribution in [2.75, 3.05) is 0 Å². The van der Waals surface area contributed by atoms with E-state index in [0.717, 1.165) is 11.1 Å². The molecule has 1 atom stereocenters. The Kier molecular flexibility index (Phi) is 3.53.